The summed E-state index contributed by atoms with van der Waals surface area (Å²) in [7, 11) is 1.59. The molecule has 2 aromatic rings. The lowest BCUT2D eigenvalue weighted by Crippen LogP contribution is -2.29. The van der Waals surface area contributed by atoms with Gasteiger partial charge in [0.25, 0.3) is 5.91 Å². The highest BCUT2D eigenvalue weighted by Crippen LogP contribution is 2.21. The van der Waals surface area contributed by atoms with E-state index in [-0.39, 0.29) is 18.9 Å². The molecule has 0 fully saturated rings. The van der Waals surface area contributed by atoms with Gasteiger partial charge in [-0.3, -0.25) is 14.6 Å². The molecule has 0 saturated carbocycles. The number of aryl methyl sites for hydroxylation is 1. The van der Waals surface area contributed by atoms with Crippen LogP contribution in [0.4, 0.5) is 0 Å². The minimum Gasteiger partial charge on any atom is -0.481 e. The van der Waals surface area contributed by atoms with Gasteiger partial charge in [0.05, 0.1) is 23.4 Å². The number of hydrogen-bond donors (Lipinski definition) is 1. The largest absolute Gasteiger partial charge is 0.481 e. The average Bonchev–Trinajstić information content (AvgIpc) is 2.98. The smallest absolute Gasteiger partial charge is 0.305 e. The number of aromatic nitrogens is 1. The van der Waals surface area contributed by atoms with Crippen LogP contribution in [-0.4, -0.2) is 40.5 Å². The van der Waals surface area contributed by atoms with Gasteiger partial charge in [-0.05, 0) is 30.5 Å². The summed E-state index contributed by atoms with van der Waals surface area (Å²) in [5.74, 6) is -1.13. The zero-order valence-corrected chi connectivity index (χ0v) is 12.7. The van der Waals surface area contributed by atoms with Crippen molar-refractivity contribution < 1.29 is 14.7 Å². The van der Waals surface area contributed by atoms with E-state index in [9.17, 15) is 9.59 Å². The summed E-state index contributed by atoms with van der Waals surface area (Å²) in [6, 6.07) is 5.54. The third-order valence-corrected chi connectivity index (χ3v) is 3.82. The van der Waals surface area contributed by atoms with Crippen molar-refractivity contribution in [3.05, 3.63) is 40.2 Å². The van der Waals surface area contributed by atoms with Crippen LogP contribution in [0.25, 0.3) is 11.3 Å². The predicted molar refractivity (Wildman–Crippen MR) is 81.5 cm³/mol. The topological polar surface area (TPSA) is 70.5 Å². The van der Waals surface area contributed by atoms with Gasteiger partial charge >= 0.3 is 5.97 Å². The van der Waals surface area contributed by atoms with E-state index in [2.05, 4.69) is 4.98 Å². The second-order valence-electron chi connectivity index (χ2n) is 4.71. The molecule has 110 valence electrons. The summed E-state index contributed by atoms with van der Waals surface area (Å²) in [6.45, 7) is 1.97. The van der Waals surface area contributed by atoms with Gasteiger partial charge in [0.1, 0.15) is 0 Å². The Kier molecular flexibility index (Phi) is 4.70. The van der Waals surface area contributed by atoms with E-state index in [0.29, 0.717) is 11.3 Å². The maximum Gasteiger partial charge on any atom is 0.305 e. The minimum absolute atomic E-state index is 0.0678. The van der Waals surface area contributed by atoms with Crippen molar-refractivity contribution in [2.45, 2.75) is 13.3 Å². The lowest BCUT2D eigenvalue weighted by molar-refractivity contribution is -0.137. The predicted octanol–water partition coefficient (Wildman–Crippen LogP) is 2.67. The molecule has 0 aliphatic rings. The standard InChI is InChI=1S/C15H16N2O3S/c1-10-12(15(20)17(2)7-5-14(18)19)3-4-13(16-10)11-6-8-21-9-11/h3-4,6,8-9H,5,7H2,1-2H3,(H,18,19). The number of pyridine rings is 1. The number of amides is 1. The number of nitrogens with zero attached hydrogens (tertiary/aromatic N) is 2. The van der Waals surface area contributed by atoms with Crippen LogP contribution in [0, 0.1) is 6.92 Å². The molecule has 0 aromatic carbocycles. The second-order valence-corrected chi connectivity index (χ2v) is 5.49. The number of carboxylic acid groups (broad SMARTS) is 1. The van der Waals surface area contributed by atoms with Gasteiger partial charge in [-0.2, -0.15) is 11.3 Å². The molecule has 1 N–H and O–H groups in total. The van der Waals surface area contributed by atoms with Crippen LogP contribution in [0.1, 0.15) is 22.5 Å². The number of rotatable bonds is 5. The number of thiophene rings is 1. The molecule has 0 saturated heterocycles. The molecule has 2 rings (SSSR count). The fourth-order valence-corrected chi connectivity index (χ4v) is 2.58. The molecule has 21 heavy (non-hydrogen) atoms. The van der Waals surface area contributed by atoms with E-state index < -0.39 is 5.97 Å². The molecule has 0 atom stereocenters. The highest BCUT2D eigenvalue weighted by Gasteiger charge is 2.16. The van der Waals surface area contributed by atoms with Gasteiger partial charge in [0.2, 0.25) is 0 Å². The van der Waals surface area contributed by atoms with Crippen molar-refractivity contribution in [3.8, 4) is 11.3 Å². The number of carbonyl (C=O) groups is 2. The lowest BCUT2D eigenvalue weighted by Gasteiger charge is -2.17. The van der Waals surface area contributed by atoms with Crippen molar-refractivity contribution in [1.82, 2.24) is 9.88 Å². The highest BCUT2D eigenvalue weighted by molar-refractivity contribution is 7.08. The Balaban J connectivity index is 2.17. The maximum atomic E-state index is 12.3. The Morgan fingerprint density at radius 3 is 2.67 bits per heavy atom. The number of hydrogen-bond acceptors (Lipinski definition) is 4. The van der Waals surface area contributed by atoms with Crippen LogP contribution in [0.15, 0.2) is 29.0 Å². The van der Waals surface area contributed by atoms with Crippen LogP contribution in [0.2, 0.25) is 0 Å². The molecule has 5 nitrogen and oxygen atoms in total. The van der Waals surface area contributed by atoms with Crippen LogP contribution in [-0.2, 0) is 4.79 Å². The van der Waals surface area contributed by atoms with Gasteiger partial charge in [0.15, 0.2) is 0 Å². The Hall–Kier alpha value is -2.21. The Morgan fingerprint density at radius 1 is 1.33 bits per heavy atom. The molecule has 0 spiro atoms. The van der Waals surface area contributed by atoms with E-state index in [1.165, 1.54) is 4.90 Å². The number of aliphatic carboxylic acids is 1. The first-order valence-corrected chi connectivity index (χ1v) is 7.41. The monoisotopic (exact) mass is 304 g/mol. The lowest BCUT2D eigenvalue weighted by atomic mass is 10.1. The van der Waals surface area contributed by atoms with Crippen molar-refractivity contribution in [1.29, 1.82) is 0 Å². The van der Waals surface area contributed by atoms with E-state index in [1.54, 1.807) is 31.4 Å². The first kappa shape index (κ1) is 15.2. The molecule has 2 aromatic heterocycles. The SMILES string of the molecule is Cc1nc(-c2ccsc2)ccc1C(=O)N(C)CCC(=O)O. The summed E-state index contributed by atoms with van der Waals surface area (Å²) in [6.07, 6.45) is -0.0678. The fraction of sp³-hybridized carbons (Fsp3) is 0.267. The van der Waals surface area contributed by atoms with E-state index in [4.69, 9.17) is 5.11 Å². The van der Waals surface area contributed by atoms with Crippen molar-refractivity contribution in [3.63, 3.8) is 0 Å². The zero-order chi connectivity index (χ0) is 15.4. The average molecular weight is 304 g/mol. The van der Waals surface area contributed by atoms with E-state index >= 15 is 0 Å². The Labute approximate surface area is 126 Å². The number of carboxylic acids is 1. The van der Waals surface area contributed by atoms with Crippen molar-refractivity contribution in [2.75, 3.05) is 13.6 Å². The summed E-state index contributed by atoms with van der Waals surface area (Å²) < 4.78 is 0. The number of carbonyl (C=O) groups excluding carboxylic acids is 1. The normalized spacial score (nSPS) is 10.4. The molecular weight excluding hydrogens is 288 g/mol. The van der Waals surface area contributed by atoms with Gasteiger partial charge in [-0.15, -0.1) is 0 Å². The van der Waals surface area contributed by atoms with Crippen LogP contribution in [0.3, 0.4) is 0 Å². The van der Waals surface area contributed by atoms with Crippen molar-refractivity contribution in [2.24, 2.45) is 0 Å². The highest BCUT2D eigenvalue weighted by atomic mass is 32.1. The molecule has 0 unspecified atom stereocenters. The summed E-state index contributed by atoms with van der Waals surface area (Å²) in [4.78, 5) is 28.7. The fourth-order valence-electron chi connectivity index (χ4n) is 1.93. The molecule has 0 radical (unpaired) electrons. The molecular formula is C15H16N2O3S. The summed E-state index contributed by atoms with van der Waals surface area (Å²) >= 11 is 1.59. The Morgan fingerprint density at radius 2 is 2.10 bits per heavy atom. The first-order valence-electron chi connectivity index (χ1n) is 6.46. The second kappa shape index (κ2) is 6.49. The molecule has 2 heterocycles. The summed E-state index contributed by atoms with van der Waals surface area (Å²) in [5, 5.41) is 12.6. The van der Waals surface area contributed by atoms with E-state index in [1.807, 2.05) is 22.9 Å². The zero-order valence-electron chi connectivity index (χ0n) is 11.9. The van der Waals surface area contributed by atoms with E-state index in [0.717, 1.165) is 11.3 Å². The summed E-state index contributed by atoms with van der Waals surface area (Å²) in [5.41, 5.74) is 3.01. The third-order valence-electron chi connectivity index (χ3n) is 3.14. The molecule has 0 aliphatic carbocycles. The van der Waals surface area contributed by atoms with Gasteiger partial charge < -0.3 is 10.0 Å². The van der Waals surface area contributed by atoms with Crippen LogP contribution >= 0.6 is 11.3 Å². The van der Waals surface area contributed by atoms with Crippen molar-refractivity contribution >= 4 is 23.2 Å². The molecule has 6 heteroatoms. The molecule has 1 amide bonds. The van der Waals surface area contributed by atoms with Gasteiger partial charge in [-0.1, -0.05) is 0 Å². The molecule has 0 bridgehead atoms. The maximum absolute atomic E-state index is 12.3. The van der Waals surface area contributed by atoms with Gasteiger partial charge in [-0.25, -0.2) is 0 Å². The minimum atomic E-state index is -0.919. The third kappa shape index (κ3) is 3.66. The van der Waals surface area contributed by atoms with Crippen LogP contribution < -0.4 is 0 Å². The first-order chi connectivity index (χ1) is 9.99. The molecule has 0 aliphatic heterocycles. The van der Waals surface area contributed by atoms with Gasteiger partial charge in [0, 0.05) is 24.5 Å². The Bertz CT molecular complexity index is 653. The van der Waals surface area contributed by atoms with Crippen LogP contribution in [0.5, 0.6) is 0 Å². The quantitative estimate of drug-likeness (QED) is 0.922.